The van der Waals surface area contributed by atoms with Crippen molar-refractivity contribution in [3.63, 3.8) is 0 Å². The van der Waals surface area contributed by atoms with Gasteiger partial charge < -0.3 is 0 Å². The van der Waals surface area contributed by atoms with Gasteiger partial charge in [-0.15, -0.1) is 6.42 Å². The van der Waals surface area contributed by atoms with Gasteiger partial charge in [-0.1, -0.05) is 86.9 Å². The van der Waals surface area contributed by atoms with E-state index < -0.39 is 0 Å². The highest BCUT2D eigenvalue weighted by Gasteiger charge is 2.22. The third kappa shape index (κ3) is 5.27. The first-order valence-electron chi connectivity index (χ1n) is 8.52. The molecule has 0 radical (unpaired) electrons. The van der Waals surface area contributed by atoms with Gasteiger partial charge in [-0.05, 0) is 23.5 Å². The first-order chi connectivity index (χ1) is 11.2. The SMILES string of the molecule is C#C[C@H](C(C)CCC)N(Cc1ccccc1)Cc1ccccc1. The van der Waals surface area contributed by atoms with E-state index >= 15 is 0 Å². The number of nitrogens with zero attached hydrogens (tertiary/aromatic N) is 1. The normalized spacial score (nSPS) is 13.5. The van der Waals surface area contributed by atoms with Crippen molar-refractivity contribution in [1.82, 2.24) is 4.90 Å². The van der Waals surface area contributed by atoms with Crippen LogP contribution in [0.2, 0.25) is 0 Å². The third-order valence-electron chi connectivity index (χ3n) is 4.30. The van der Waals surface area contributed by atoms with Crippen LogP contribution in [0.5, 0.6) is 0 Å². The fourth-order valence-electron chi connectivity index (χ4n) is 3.13. The molecule has 2 rings (SSSR count). The lowest BCUT2D eigenvalue weighted by atomic mass is 9.95. The van der Waals surface area contributed by atoms with Crippen LogP contribution in [0.15, 0.2) is 60.7 Å². The molecule has 2 aromatic rings. The van der Waals surface area contributed by atoms with E-state index in [1.807, 2.05) is 0 Å². The van der Waals surface area contributed by atoms with Crippen LogP contribution < -0.4 is 0 Å². The highest BCUT2D eigenvalue weighted by molar-refractivity contribution is 5.18. The minimum atomic E-state index is 0.162. The van der Waals surface area contributed by atoms with Crippen LogP contribution in [0.3, 0.4) is 0 Å². The fourth-order valence-corrected chi connectivity index (χ4v) is 3.13. The van der Waals surface area contributed by atoms with Gasteiger partial charge in [0.05, 0.1) is 6.04 Å². The average Bonchev–Trinajstić information content (AvgIpc) is 2.57. The van der Waals surface area contributed by atoms with Gasteiger partial charge in [0.2, 0.25) is 0 Å². The number of rotatable bonds is 8. The highest BCUT2D eigenvalue weighted by Crippen LogP contribution is 2.21. The van der Waals surface area contributed by atoms with Crippen molar-refractivity contribution in [3.8, 4) is 12.3 Å². The van der Waals surface area contributed by atoms with Crippen molar-refractivity contribution in [1.29, 1.82) is 0 Å². The molecule has 0 N–H and O–H groups in total. The summed E-state index contributed by atoms with van der Waals surface area (Å²) in [5.41, 5.74) is 2.62. The topological polar surface area (TPSA) is 3.24 Å². The Bertz CT molecular complexity index is 555. The maximum atomic E-state index is 5.92. The highest BCUT2D eigenvalue weighted by atomic mass is 15.2. The molecular formula is C22H27N. The largest absolute Gasteiger partial charge is 0.281 e. The third-order valence-corrected chi connectivity index (χ3v) is 4.30. The van der Waals surface area contributed by atoms with Gasteiger partial charge >= 0.3 is 0 Å². The number of benzene rings is 2. The van der Waals surface area contributed by atoms with Gasteiger partial charge in [0.25, 0.3) is 0 Å². The minimum absolute atomic E-state index is 0.162. The van der Waals surface area contributed by atoms with Crippen molar-refractivity contribution in [2.75, 3.05) is 0 Å². The summed E-state index contributed by atoms with van der Waals surface area (Å²) >= 11 is 0. The molecule has 120 valence electrons. The molecule has 0 aromatic heterocycles. The molecule has 0 aliphatic heterocycles. The molecule has 2 aromatic carbocycles. The summed E-state index contributed by atoms with van der Waals surface area (Å²) in [5, 5.41) is 0. The minimum Gasteiger partial charge on any atom is -0.281 e. The summed E-state index contributed by atoms with van der Waals surface area (Å²) in [6.07, 6.45) is 8.25. The molecule has 0 fully saturated rings. The van der Waals surface area contributed by atoms with Gasteiger partial charge in [-0.25, -0.2) is 0 Å². The monoisotopic (exact) mass is 305 g/mol. The van der Waals surface area contributed by atoms with Crippen LogP contribution in [0, 0.1) is 18.3 Å². The van der Waals surface area contributed by atoms with E-state index in [2.05, 4.69) is 85.3 Å². The van der Waals surface area contributed by atoms with E-state index in [1.54, 1.807) is 0 Å². The number of hydrogen-bond acceptors (Lipinski definition) is 1. The Labute approximate surface area is 141 Å². The number of hydrogen-bond donors (Lipinski definition) is 0. The average molecular weight is 305 g/mol. The molecule has 2 atom stereocenters. The van der Waals surface area contributed by atoms with Crippen molar-refractivity contribution < 1.29 is 0 Å². The van der Waals surface area contributed by atoms with Crippen LogP contribution in [0.1, 0.15) is 37.8 Å². The van der Waals surface area contributed by atoms with E-state index in [1.165, 1.54) is 17.5 Å². The lowest BCUT2D eigenvalue weighted by Gasteiger charge is -2.32. The zero-order valence-electron chi connectivity index (χ0n) is 14.3. The fraction of sp³-hybridized carbons (Fsp3) is 0.364. The zero-order valence-corrected chi connectivity index (χ0v) is 14.3. The molecule has 23 heavy (non-hydrogen) atoms. The van der Waals surface area contributed by atoms with Gasteiger partial charge in [-0.3, -0.25) is 4.90 Å². The second kappa shape index (κ2) is 9.18. The van der Waals surface area contributed by atoms with E-state index in [4.69, 9.17) is 6.42 Å². The lowest BCUT2D eigenvalue weighted by Crippen LogP contribution is -2.38. The summed E-state index contributed by atoms with van der Waals surface area (Å²) in [6, 6.07) is 21.4. The van der Waals surface area contributed by atoms with E-state index in [-0.39, 0.29) is 6.04 Å². The molecule has 1 unspecified atom stereocenters. The van der Waals surface area contributed by atoms with Crippen molar-refractivity contribution in [2.45, 2.75) is 45.8 Å². The number of terminal acetylenes is 1. The summed E-state index contributed by atoms with van der Waals surface area (Å²) in [5.74, 6) is 3.55. The molecule has 0 saturated carbocycles. The smallest absolute Gasteiger partial charge is 0.0743 e. The molecule has 0 amide bonds. The van der Waals surface area contributed by atoms with Crippen molar-refractivity contribution in [2.24, 2.45) is 5.92 Å². The molecule has 0 spiro atoms. The second-order valence-electron chi connectivity index (χ2n) is 6.25. The quantitative estimate of drug-likeness (QED) is 0.611. The second-order valence-corrected chi connectivity index (χ2v) is 6.25. The summed E-state index contributed by atoms with van der Waals surface area (Å²) in [7, 11) is 0. The summed E-state index contributed by atoms with van der Waals surface area (Å²) < 4.78 is 0. The van der Waals surface area contributed by atoms with Crippen molar-refractivity contribution >= 4 is 0 Å². The standard InChI is InChI=1S/C22H27N/c1-4-12-19(3)22(5-2)23(17-20-13-8-6-9-14-20)18-21-15-10-7-11-16-21/h2,6-11,13-16,19,22H,4,12,17-18H2,1,3H3/t19?,22-/m1/s1. The molecular weight excluding hydrogens is 278 g/mol. The van der Waals surface area contributed by atoms with Gasteiger partial charge in [0.15, 0.2) is 0 Å². The Kier molecular flexibility index (Phi) is 6.91. The Morgan fingerprint density at radius 2 is 1.39 bits per heavy atom. The van der Waals surface area contributed by atoms with Crippen molar-refractivity contribution in [3.05, 3.63) is 71.8 Å². The Morgan fingerprint density at radius 3 is 1.78 bits per heavy atom. The zero-order chi connectivity index (χ0) is 16.5. The summed E-state index contributed by atoms with van der Waals surface area (Å²) in [4.78, 5) is 2.44. The van der Waals surface area contributed by atoms with Crippen LogP contribution in [-0.2, 0) is 13.1 Å². The van der Waals surface area contributed by atoms with Crippen LogP contribution in [-0.4, -0.2) is 10.9 Å². The van der Waals surface area contributed by atoms with Gasteiger partial charge in [0, 0.05) is 13.1 Å². The Morgan fingerprint density at radius 1 is 0.913 bits per heavy atom. The molecule has 1 heteroatoms. The first kappa shape index (κ1) is 17.3. The van der Waals surface area contributed by atoms with Crippen LogP contribution in [0.4, 0.5) is 0 Å². The Balaban J connectivity index is 2.20. The van der Waals surface area contributed by atoms with Gasteiger partial charge in [0.1, 0.15) is 0 Å². The van der Waals surface area contributed by atoms with Gasteiger partial charge in [-0.2, -0.15) is 0 Å². The van der Waals surface area contributed by atoms with E-state index in [0.29, 0.717) is 5.92 Å². The molecule has 0 aliphatic rings. The lowest BCUT2D eigenvalue weighted by molar-refractivity contribution is 0.167. The predicted octanol–water partition coefficient (Wildman–Crippen LogP) is 5.13. The molecule has 0 aliphatic carbocycles. The molecule has 0 bridgehead atoms. The molecule has 0 heterocycles. The predicted molar refractivity (Wildman–Crippen MR) is 98.8 cm³/mol. The maximum Gasteiger partial charge on any atom is 0.0743 e. The maximum absolute atomic E-state index is 5.92. The van der Waals surface area contributed by atoms with Crippen LogP contribution in [0.25, 0.3) is 0 Å². The van der Waals surface area contributed by atoms with E-state index in [9.17, 15) is 0 Å². The first-order valence-corrected chi connectivity index (χ1v) is 8.52. The van der Waals surface area contributed by atoms with Crippen LogP contribution >= 0.6 is 0 Å². The Hall–Kier alpha value is -2.04. The molecule has 1 nitrogen and oxygen atoms in total. The van der Waals surface area contributed by atoms with E-state index in [0.717, 1.165) is 19.5 Å². The molecule has 0 saturated heterocycles. The summed E-state index contributed by atoms with van der Waals surface area (Å²) in [6.45, 7) is 6.27.